The number of nitrogens with two attached hydrogens (primary N) is 1. The van der Waals surface area contributed by atoms with Gasteiger partial charge in [0.2, 0.25) is 0 Å². The summed E-state index contributed by atoms with van der Waals surface area (Å²) >= 11 is 6.55. The third kappa shape index (κ3) is 3.36. The van der Waals surface area contributed by atoms with Gasteiger partial charge in [-0.2, -0.15) is 0 Å². The quantitative estimate of drug-likeness (QED) is 0.845. The molecule has 0 aromatic carbocycles. The highest BCUT2D eigenvalue weighted by molar-refractivity contribution is 9.10. The molecule has 1 amide bonds. The Morgan fingerprint density at radius 2 is 2.29 bits per heavy atom. The van der Waals surface area contributed by atoms with Crippen LogP contribution in [0.1, 0.15) is 29.8 Å². The third-order valence-corrected chi connectivity index (χ3v) is 6.50. The molecule has 2 aromatic rings. The molecule has 1 aliphatic carbocycles. The van der Waals surface area contributed by atoms with Gasteiger partial charge in [-0.1, -0.05) is 6.42 Å². The van der Waals surface area contributed by atoms with Crippen molar-refractivity contribution in [2.45, 2.75) is 25.3 Å². The summed E-state index contributed by atoms with van der Waals surface area (Å²) in [7, 11) is 0. The van der Waals surface area contributed by atoms with Crippen LogP contribution in [0, 0.1) is 5.92 Å². The fourth-order valence-electron chi connectivity index (χ4n) is 2.67. The van der Waals surface area contributed by atoms with E-state index in [9.17, 15) is 4.79 Å². The van der Waals surface area contributed by atoms with Crippen LogP contribution in [0.25, 0.3) is 9.88 Å². The molecular formula is C14H16BrN3OS2. The zero-order valence-corrected chi connectivity index (χ0v) is 14.6. The first-order valence-corrected chi connectivity index (χ1v) is 9.43. The van der Waals surface area contributed by atoms with Gasteiger partial charge in [0.05, 0.1) is 4.88 Å². The van der Waals surface area contributed by atoms with Crippen molar-refractivity contribution in [3.05, 3.63) is 27.0 Å². The fourth-order valence-corrected chi connectivity index (χ4v) is 4.98. The number of rotatable bonds is 4. The minimum atomic E-state index is -0.0847. The Bertz CT molecular complexity index is 640. The lowest BCUT2D eigenvalue weighted by Crippen LogP contribution is -2.39. The Morgan fingerprint density at radius 3 is 3.00 bits per heavy atom. The summed E-state index contributed by atoms with van der Waals surface area (Å²) in [5.41, 5.74) is 6.26. The number of nitrogens with one attached hydrogen (secondary N) is 1. The lowest BCUT2D eigenvalue weighted by molar-refractivity contribution is 0.0924. The van der Waals surface area contributed by atoms with E-state index >= 15 is 0 Å². The van der Waals surface area contributed by atoms with Crippen molar-refractivity contribution in [2.24, 2.45) is 11.7 Å². The smallest absolute Gasteiger partial charge is 0.271 e. The van der Waals surface area contributed by atoms with Crippen LogP contribution in [0.5, 0.6) is 0 Å². The number of carbonyl (C=O) groups is 1. The monoisotopic (exact) mass is 385 g/mol. The van der Waals surface area contributed by atoms with Crippen LogP contribution >= 0.6 is 38.6 Å². The summed E-state index contributed by atoms with van der Waals surface area (Å²) in [5.74, 6) is 0.318. The highest BCUT2D eigenvalue weighted by Crippen LogP contribution is 2.32. The topological polar surface area (TPSA) is 68.0 Å². The first-order chi connectivity index (χ1) is 10.2. The lowest BCUT2D eigenvalue weighted by Gasteiger charge is -2.18. The standard InChI is InChI=1S/C14H16BrN3OS2/c15-9-4-12(20-6-9)14-18-11(7-21-14)13(19)17-10-3-1-2-8(10)5-16/h4,6-8,10H,1-3,5,16H2,(H,17,19). The number of aromatic nitrogens is 1. The normalized spacial score (nSPS) is 21.6. The van der Waals surface area contributed by atoms with E-state index in [4.69, 9.17) is 5.73 Å². The van der Waals surface area contributed by atoms with Crippen molar-refractivity contribution in [2.75, 3.05) is 6.54 Å². The summed E-state index contributed by atoms with van der Waals surface area (Å²) in [6.07, 6.45) is 3.26. The average Bonchev–Trinajstić information content (AvgIpc) is 3.17. The predicted molar refractivity (Wildman–Crippen MR) is 90.8 cm³/mol. The molecule has 0 saturated heterocycles. The molecular weight excluding hydrogens is 370 g/mol. The van der Waals surface area contributed by atoms with Crippen molar-refractivity contribution in [1.29, 1.82) is 0 Å². The van der Waals surface area contributed by atoms with E-state index in [0.717, 1.165) is 33.6 Å². The summed E-state index contributed by atoms with van der Waals surface area (Å²) < 4.78 is 1.04. The zero-order chi connectivity index (χ0) is 14.8. The van der Waals surface area contributed by atoms with Crippen LogP contribution in [-0.4, -0.2) is 23.5 Å². The maximum Gasteiger partial charge on any atom is 0.271 e. The van der Waals surface area contributed by atoms with Crippen molar-refractivity contribution in [3.8, 4) is 9.88 Å². The molecule has 112 valence electrons. The summed E-state index contributed by atoms with van der Waals surface area (Å²) in [6, 6.07) is 2.22. The molecule has 0 spiro atoms. The molecule has 1 saturated carbocycles. The van der Waals surface area contributed by atoms with E-state index in [1.165, 1.54) is 11.3 Å². The maximum atomic E-state index is 12.3. The van der Waals surface area contributed by atoms with E-state index in [-0.39, 0.29) is 11.9 Å². The van der Waals surface area contributed by atoms with Crippen molar-refractivity contribution < 1.29 is 4.79 Å². The second-order valence-corrected chi connectivity index (χ2v) is 7.86. The van der Waals surface area contributed by atoms with Gasteiger partial charge in [-0.3, -0.25) is 4.79 Å². The first-order valence-electron chi connectivity index (χ1n) is 6.88. The molecule has 2 unspecified atom stereocenters. The Kier molecular flexibility index (Phi) is 4.73. The molecule has 3 rings (SSSR count). The molecule has 7 heteroatoms. The van der Waals surface area contributed by atoms with Gasteiger partial charge >= 0.3 is 0 Å². The molecule has 2 heterocycles. The number of hydrogen-bond donors (Lipinski definition) is 2. The van der Waals surface area contributed by atoms with E-state index in [2.05, 4.69) is 26.2 Å². The third-order valence-electron chi connectivity index (χ3n) is 3.79. The van der Waals surface area contributed by atoms with E-state index in [1.54, 1.807) is 11.3 Å². The average molecular weight is 386 g/mol. The number of nitrogens with zero attached hydrogens (tertiary/aromatic N) is 1. The maximum absolute atomic E-state index is 12.3. The van der Waals surface area contributed by atoms with Gasteiger partial charge in [-0.05, 0) is 47.3 Å². The van der Waals surface area contributed by atoms with Gasteiger partial charge in [0.25, 0.3) is 5.91 Å². The van der Waals surface area contributed by atoms with E-state index < -0.39 is 0 Å². The van der Waals surface area contributed by atoms with Gasteiger partial charge in [0, 0.05) is 21.3 Å². The highest BCUT2D eigenvalue weighted by Gasteiger charge is 2.28. The second-order valence-electron chi connectivity index (χ2n) is 5.17. The van der Waals surface area contributed by atoms with Crippen LogP contribution in [0.4, 0.5) is 0 Å². The van der Waals surface area contributed by atoms with Gasteiger partial charge in [0.15, 0.2) is 0 Å². The molecule has 21 heavy (non-hydrogen) atoms. The number of thiazole rings is 1. The Labute approximate surface area is 139 Å². The van der Waals surface area contributed by atoms with Crippen molar-refractivity contribution >= 4 is 44.5 Å². The number of hydrogen-bond acceptors (Lipinski definition) is 5. The minimum Gasteiger partial charge on any atom is -0.348 e. The second kappa shape index (κ2) is 6.56. The van der Waals surface area contributed by atoms with Crippen LogP contribution in [0.2, 0.25) is 0 Å². The van der Waals surface area contributed by atoms with E-state index in [1.807, 2.05) is 16.8 Å². The number of carbonyl (C=O) groups excluding carboxylic acids is 1. The number of halogens is 1. The number of thiophene rings is 1. The zero-order valence-electron chi connectivity index (χ0n) is 11.3. The van der Waals surface area contributed by atoms with Crippen LogP contribution in [0.15, 0.2) is 21.3 Å². The summed E-state index contributed by atoms with van der Waals surface area (Å²) in [4.78, 5) is 17.8. The molecule has 0 bridgehead atoms. The molecule has 2 aromatic heterocycles. The molecule has 3 N–H and O–H groups in total. The Hall–Kier alpha value is -0.760. The van der Waals surface area contributed by atoms with Crippen LogP contribution in [0.3, 0.4) is 0 Å². The van der Waals surface area contributed by atoms with Crippen LogP contribution < -0.4 is 11.1 Å². The van der Waals surface area contributed by atoms with Crippen LogP contribution in [-0.2, 0) is 0 Å². The van der Waals surface area contributed by atoms with Crippen molar-refractivity contribution in [3.63, 3.8) is 0 Å². The molecule has 2 atom stereocenters. The van der Waals surface area contributed by atoms with Gasteiger partial charge in [0.1, 0.15) is 10.7 Å². The lowest BCUT2D eigenvalue weighted by atomic mass is 10.0. The fraction of sp³-hybridized carbons (Fsp3) is 0.429. The predicted octanol–water partition coefficient (Wildman–Crippen LogP) is 3.49. The molecule has 1 aliphatic rings. The van der Waals surface area contributed by atoms with Gasteiger partial charge in [-0.25, -0.2) is 4.98 Å². The Morgan fingerprint density at radius 1 is 1.43 bits per heavy atom. The first kappa shape index (κ1) is 15.1. The van der Waals surface area contributed by atoms with Gasteiger partial charge < -0.3 is 11.1 Å². The molecule has 1 fully saturated rings. The highest BCUT2D eigenvalue weighted by atomic mass is 79.9. The molecule has 0 aliphatic heterocycles. The van der Waals surface area contributed by atoms with Crippen molar-refractivity contribution in [1.82, 2.24) is 10.3 Å². The minimum absolute atomic E-state index is 0.0847. The summed E-state index contributed by atoms with van der Waals surface area (Å²) in [6.45, 7) is 0.635. The van der Waals surface area contributed by atoms with E-state index in [0.29, 0.717) is 18.2 Å². The SMILES string of the molecule is NCC1CCCC1NC(=O)c1csc(-c2cc(Br)cs2)n1. The summed E-state index contributed by atoms with van der Waals surface area (Å²) in [5, 5.41) is 7.81. The Balaban J connectivity index is 1.69. The largest absolute Gasteiger partial charge is 0.348 e. The molecule has 0 radical (unpaired) electrons. The van der Waals surface area contributed by atoms with Gasteiger partial charge in [-0.15, -0.1) is 22.7 Å². The molecule has 4 nitrogen and oxygen atoms in total. The number of amides is 1.